The van der Waals surface area contributed by atoms with Crippen LogP contribution in [-0.2, 0) is 14.2 Å². The van der Waals surface area contributed by atoms with Gasteiger partial charge in [-0.1, -0.05) is 10.2 Å². The van der Waals surface area contributed by atoms with Gasteiger partial charge in [0.25, 0.3) is 0 Å². The van der Waals surface area contributed by atoms with E-state index < -0.39 is 23.5 Å². The van der Waals surface area contributed by atoms with Gasteiger partial charge in [-0.3, -0.25) is 0 Å². The zero-order chi connectivity index (χ0) is 14.4. The van der Waals surface area contributed by atoms with Gasteiger partial charge in [0.15, 0.2) is 5.79 Å². The molecule has 108 valence electrons. The minimum Gasteiger partial charge on any atom is -0.368 e. The van der Waals surface area contributed by atoms with E-state index in [1.165, 1.54) is 0 Å². The number of ether oxygens (including phenoxy) is 3. The summed E-state index contributed by atoms with van der Waals surface area (Å²) in [5.74, 6) is -0.768. The first-order valence-electron chi connectivity index (χ1n) is 6.60. The van der Waals surface area contributed by atoms with E-state index in [2.05, 4.69) is 20.1 Å². The molecule has 0 amide bonds. The third-order valence-electron chi connectivity index (χ3n) is 4.19. The van der Waals surface area contributed by atoms with E-state index in [0.29, 0.717) is 6.42 Å². The van der Waals surface area contributed by atoms with Gasteiger partial charge in [0.2, 0.25) is 0 Å². The van der Waals surface area contributed by atoms with Crippen LogP contribution in [0.15, 0.2) is 10.2 Å². The molecule has 3 aliphatic rings. The zero-order valence-corrected chi connectivity index (χ0v) is 11.3. The van der Waals surface area contributed by atoms with Crippen LogP contribution in [0.2, 0.25) is 0 Å². The lowest BCUT2D eigenvalue weighted by Gasteiger charge is -2.42. The molecule has 9 nitrogen and oxygen atoms in total. The molecule has 20 heavy (non-hydrogen) atoms. The highest BCUT2D eigenvalue weighted by Crippen LogP contribution is 2.50. The Bertz CT molecular complexity index is 512. The summed E-state index contributed by atoms with van der Waals surface area (Å²) in [6.07, 6.45) is 0.478. The SMILES string of the molecule is CC1(C)O[C@@H]2[C@H](N=[N+]=[N-])C3CC[C@](CN=[N+]=[N-])(O3)[C@@H]2O1. The van der Waals surface area contributed by atoms with Gasteiger partial charge in [0, 0.05) is 9.82 Å². The highest BCUT2D eigenvalue weighted by molar-refractivity contribution is 5.13. The fourth-order valence-corrected chi connectivity index (χ4v) is 3.47. The average molecular weight is 280 g/mol. The van der Waals surface area contributed by atoms with Crippen molar-refractivity contribution < 1.29 is 14.2 Å². The average Bonchev–Trinajstić information content (AvgIpc) is 2.93. The van der Waals surface area contributed by atoms with E-state index >= 15 is 0 Å². The van der Waals surface area contributed by atoms with Gasteiger partial charge in [0.05, 0.1) is 18.7 Å². The monoisotopic (exact) mass is 280 g/mol. The Morgan fingerprint density at radius 3 is 2.70 bits per heavy atom. The summed E-state index contributed by atoms with van der Waals surface area (Å²) in [4.78, 5) is 5.71. The van der Waals surface area contributed by atoms with Crippen LogP contribution in [0.25, 0.3) is 20.9 Å². The minimum atomic E-state index is -0.768. The lowest BCUT2D eigenvalue weighted by Crippen LogP contribution is -2.59. The minimum absolute atomic E-state index is 0.198. The number of rotatable bonds is 3. The number of hydrogen-bond donors (Lipinski definition) is 0. The van der Waals surface area contributed by atoms with Crippen molar-refractivity contribution in [2.75, 3.05) is 6.54 Å². The maximum Gasteiger partial charge on any atom is 0.163 e. The second-order valence-corrected chi connectivity index (χ2v) is 5.86. The van der Waals surface area contributed by atoms with Crippen molar-refractivity contribution in [3.63, 3.8) is 0 Å². The largest absolute Gasteiger partial charge is 0.368 e. The molecule has 2 bridgehead atoms. The van der Waals surface area contributed by atoms with Crippen molar-refractivity contribution in [1.29, 1.82) is 0 Å². The van der Waals surface area contributed by atoms with E-state index in [0.717, 1.165) is 6.42 Å². The maximum atomic E-state index is 8.74. The van der Waals surface area contributed by atoms with Gasteiger partial charge in [-0.25, -0.2) is 0 Å². The van der Waals surface area contributed by atoms with Crippen LogP contribution in [0.5, 0.6) is 0 Å². The van der Waals surface area contributed by atoms with Crippen LogP contribution in [0.4, 0.5) is 0 Å². The highest BCUT2D eigenvalue weighted by Gasteiger charge is 2.64. The summed E-state index contributed by atoms with van der Waals surface area (Å²) in [5, 5.41) is 7.49. The van der Waals surface area contributed by atoms with Gasteiger partial charge < -0.3 is 14.2 Å². The quantitative estimate of drug-likeness (QED) is 0.447. The second-order valence-electron chi connectivity index (χ2n) is 5.86. The first kappa shape index (κ1) is 13.5. The standard InChI is InChI=1S/C11H16N6O3/c1-10(2)19-8-7(15-17-13)6-3-4-11(18-6,5-14-16-12)9(8)20-10/h6-9H,3-5H2,1-2H3/t6?,7-,8-,9-,11-/m1/s1. The fraction of sp³-hybridized carbons (Fsp3) is 1.00. The van der Waals surface area contributed by atoms with Gasteiger partial charge in [-0.05, 0) is 37.8 Å². The topological polar surface area (TPSA) is 125 Å². The van der Waals surface area contributed by atoms with Crippen molar-refractivity contribution in [2.24, 2.45) is 10.2 Å². The van der Waals surface area contributed by atoms with Crippen LogP contribution >= 0.6 is 0 Å². The maximum absolute atomic E-state index is 8.74. The molecule has 1 unspecified atom stereocenters. The molecule has 3 fully saturated rings. The molecule has 3 heterocycles. The fourth-order valence-electron chi connectivity index (χ4n) is 3.47. The smallest absolute Gasteiger partial charge is 0.163 e. The summed E-state index contributed by atoms with van der Waals surface area (Å²) < 4.78 is 17.9. The molecule has 0 aromatic heterocycles. The lowest BCUT2D eigenvalue weighted by atomic mass is 9.88. The molecular formula is C11H16N6O3. The number of hydrogen-bond acceptors (Lipinski definition) is 5. The number of azide groups is 2. The summed E-state index contributed by atoms with van der Waals surface area (Å²) in [6, 6.07) is -0.409. The first-order valence-corrected chi connectivity index (χ1v) is 6.60. The summed E-state index contributed by atoms with van der Waals surface area (Å²) in [7, 11) is 0. The van der Waals surface area contributed by atoms with Gasteiger partial charge in [-0.2, -0.15) is 0 Å². The Hall–Kier alpha value is -1.50. The molecule has 3 aliphatic heterocycles. The van der Waals surface area contributed by atoms with E-state index in [9.17, 15) is 0 Å². The third kappa shape index (κ3) is 1.91. The molecule has 3 rings (SSSR count). The van der Waals surface area contributed by atoms with Crippen molar-refractivity contribution in [3.8, 4) is 0 Å². The molecule has 0 radical (unpaired) electrons. The van der Waals surface area contributed by atoms with Crippen molar-refractivity contribution in [2.45, 2.75) is 62.4 Å². The van der Waals surface area contributed by atoms with E-state index in [-0.39, 0.29) is 18.8 Å². The number of fused-ring (bicyclic) bond motifs is 4. The van der Waals surface area contributed by atoms with Crippen LogP contribution in [-0.4, -0.2) is 42.3 Å². The summed E-state index contributed by atoms with van der Waals surface area (Å²) >= 11 is 0. The number of nitrogens with zero attached hydrogens (tertiary/aromatic N) is 6. The molecule has 0 spiro atoms. The highest BCUT2D eigenvalue weighted by atomic mass is 16.8. The molecule has 0 aromatic rings. The van der Waals surface area contributed by atoms with Crippen molar-refractivity contribution in [1.82, 2.24) is 0 Å². The Morgan fingerprint density at radius 1 is 1.20 bits per heavy atom. The normalized spacial score (nSPS) is 44.3. The van der Waals surface area contributed by atoms with Crippen LogP contribution < -0.4 is 0 Å². The van der Waals surface area contributed by atoms with Gasteiger partial charge in [0.1, 0.15) is 17.8 Å². The molecule has 0 aliphatic carbocycles. The third-order valence-corrected chi connectivity index (χ3v) is 4.19. The van der Waals surface area contributed by atoms with Crippen molar-refractivity contribution in [3.05, 3.63) is 20.9 Å². The Balaban J connectivity index is 1.97. The molecule has 3 saturated heterocycles. The van der Waals surface area contributed by atoms with Crippen LogP contribution in [0.3, 0.4) is 0 Å². The molecule has 0 saturated carbocycles. The van der Waals surface area contributed by atoms with E-state index in [4.69, 9.17) is 25.3 Å². The second kappa shape index (κ2) is 4.51. The molecule has 9 heteroatoms. The summed E-state index contributed by atoms with van der Waals surface area (Å²) in [6.45, 7) is 3.82. The van der Waals surface area contributed by atoms with E-state index in [1.807, 2.05) is 13.8 Å². The Morgan fingerprint density at radius 2 is 2.00 bits per heavy atom. The van der Waals surface area contributed by atoms with Gasteiger partial charge in [-0.15, -0.1) is 0 Å². The van der Waals surface area contributed by atoms with Crippen LogP contribution in [0.1, 0.15) is 26.7 Å². The lowest BCUT2D eigenvalue weighted by molar-refractivity contribution is -0.179. The Kier molecular flexibility index (Phi) is 3.04. The Labute approximate surface area is 115 Å². The zero-order valence-electron chi connectivity index (χ0n) is 11.3. The molecule has 0 N–H and O–H groups in total. The molecular weight excluding hydrogens is 264 g/mol. The van der Waals surface area contributed by atoms with Gasteiger partial charge >= 0.3 is 0 Å². The van der Waals surface area contributed by atoms with Crippen molar-refractivity contribution >= 4 is 0 Å². The summed E-state index contributed by atoms with van der Waals surface area (Å²) in [5.41, 5.74) is 16.6. The molecule has 0 aromatic carbocycles. The van der Waals surface area contributed by atoms with Crippen LogP contribution in [0, 0.1) is 0 Å². The predicted molar refractivity (Wildman–Crippen MR) is 67.6 cm³/mol. The van der Waals surface area contributed by atoms with E-state index in [1.54, 1.807) is 0 Å². The first-order chi connectivity index (χ1) is 9.51. The molecule has 5 atom stereocenters. The predicted octanol–water partition coefficient (Wildman–Crippen LogP) is 2.43.